The zero-order chi connectivity index (χ0) is 15.0. The number of carbonyl (C=O) groups is 1. The molecule has 0 spiro atoms. The van der Waals surface area contributed by atoms with Crippen LogP contribution in [0.5, 0.6) is 0 Å². The number of aromatic nitrogens is 2. The van der Waals surface area contributed by atoms with E-state index in [0.29, 0.717) is 12.2 Å². The zero-order valence-electron chi connectivity index (χ0n) is 12.9. The summed E-state index contributed by atoms with van der Waals surface area (Å²) in [7, 11) is 1.86. The van der Waals surface area contributed by atoms with Crippen molar-refractivity contribution in [3.63, 3.8) is 0 Å². The van der Waals surface area contributed by atoms with Gasteiger partial charge in [0.05, 0.1) is 21.6 Å². The summed E-state index contributed by atoms with van der Waals surface area (Å²) in [5.74, 6) is -0.0325. The third-order valence-corrected chi connectivity index (χ3v) is 5.75. The molecule has 0 bridgehead atoms. The Morgan fingerprint density at radius 3 is 2.83 bits per heavy atom. The number of halogens is 2. The van der Waals surface area contributed by atoms with Crippen LogP contribution in [0.2, 0.25) is 0 Å². The normalized spacial score (nSPS) is 16.0. The largest absolute Gasteiger partial charge is 0.332 e. The molecule has 2 N–H and O–H groups in total. The van der Waals surface area contributed by atoms with Crippen LogP contribution >= 0.6 is 47.5 Å². The number of rotatable bonds is 3. The van der Waals surface area contributed by atoms with Crippen LogP contribution in [0.15, 0.2) is 5.38 Å². The smallest absolute Gasteiger partial charge is 0.273 e. The van der Waals surface area contributed by atoms with Crippen LogP contribution in [0.4, 0.5) is 0 Å². The third-order valence-electron chi connectivity index (χ3n) is 3.76. The SMILES string of the molecule is Cc1nc2c(s1)C(N(C)C(=O)c1csc(CN)n1)CCC2.Cl.Cl. The number of hydrogen-bond donors (Lipinski definition) is 1. The molecule has 0 aromatic carbocycles. The molecule has 5 nitrogen and oxygen atoms in total. The van der Waals surface area contributed by atoms with Gasteiger partial charge in [-0.05, 0) is 26.2 Å². The van der Waals surface area contributed by atoms with Gasteiger partial charge in [-0.1, -0.05) is 0 Å². The van der Waals surface area contributed by atoms with Gasteiger partial charge in [-0.2, -0.15) is 0 Å². The summed E-state index contributed by atoms with van der Waals surface area (Å²) >= 11 is 3.14. The quantitative estimate of drug-likeness (QED) is 0.865. The lowest BCUT2D eigenvalue weighted by Gasteiger charge is -2.30. The first-order valence-corrected chi connectivity index (χ1v) is 8.67. The average molecular weight is 395 g/mol. The van der Waals surface area contributed by atoms with Crippen molar-refractivity contribution in [2.75, 3.05) is 7.05 Å². The highest BCUT2D eigenvalue weighted by Gasteiger charge is 2.30. The monoisotopic (exact) mass is 394 g/mol. The predicted molar refractivity (Wildman–Crippen MR) is 99.1 cm³/mol. The summed E-state index contributed by atoms with van der Waals surface area (Å²) < 4.78 is 0. The summed E-state index contributed by atoms with van der Waals surface area (Å²) in [6, 6.07) is 0.121. The molecule has 2 aromatic heterocycles. The highest BCUT2D eigenvalue weighted by Crippen LogP contribution is 2.37. The van der Waals surface area contributed by atoms with Crippen LogP contribution < -0.4 is 5.73 Å². The van der Waals surface area contributed by atoms with Crippen molar-refractivity contribution in [1.82, 2.24) is 14.9 Å². The van der Waals surface area contributed by atoms with E-state index in [1.54, 1.807) is 16.7 Å². The molecule has 2 aromatic rings. The van der Waals surface area contributed by atoms with Crippen LogP contribution in [0.25, 0.3) is 0 Å². The average Bonchev–Trinajstić information content (AvgIpc) is 3.10. The molecule has 0 fully saturated rings. The molecule has 2 heterocycles. The Kier molecular flexibility index (Phi) is 7.41. The lowest BCUT2D eigenvalue weighted by Crippen LogP contribution is -2.33. The summed E-state index contributed by atoms with van der Waals surface area (Å²) in [5.41, 5.74) is 7.22. The molecular weight excluding hydrogens is 375 g/mol. The van der Waals surface area contributed by atoms with Gasteiger partial charge in [-0.25, -0.2) is 9.97 Å². The molecule has 128 valence electrons. The van der Waals surface area contributed by atoms with Gasteiger partial charge >= 0.3 is 0 Å². The number of thiazole rings is 2. The van der Waals surface area contributed by atoms with Gasteiger partial charge in [0.25, 0.3) is 5.91 Å². The molecule has 23 heavy (non-hydrogen) atoms. The van der Waals surface area contributed by atoms with E-state index in [4.69, 9.17) is 5.73 Å². The van der Waals surface area contributed by atoms with E-state index in [9.17, 15) is 4.79 Å². The van der Waals surface area contributed by atoms with Gasteiger partial charge in [0.1, 0.15) is 10.7 Å². The molecule has 0 radical (unpaired) electrons. The first-order chi connectivity index (χ1) is 10.1. The molecule has 1 aliphatic rings. The minimum absolute atomic E-state index is 0. The molecule has 1 atom stereocenters. The summed E-state index contributed by atoms with van der Waals surface area (Å²) in [5, 5.41) is 3.67. The van der Waals surface area contributed by atoms with Gasteiger partial charge in [-0.15, -0.1) is 47.5 Å². The molecule has 0 saturated carbocycles. The molecule has 1 aliphatic carbocycles. The van der Waals surface area contributed by atoms with Crippen LogP contribution in [-0.4, -0.2) is 27.8 Å². The summed E-state index contributed by atoms with van der Waals surface area (Å²) in [6.45, 7) is 2.40. The Labute approximate surface area is 156 Å². The van der Waals surface area contributed by atoms with Crippen LogP contribution in [0.3, 0.4) is 0 Å². The fourth-order valence-corrected chi connectivity index (χ4v) is 4.51. The number of nitrogens with zero attached hydrogens (tertiary/aromatic N) is 3. The standard InChI is InChI=1S/C14H18N4OS2.2ClH/c1-8-16-9-4-3-5-11(13(9)21-8)18(2)14(19)10-7-20-12(6-15)17-10;;/h7,11H,3-6,15H2,1-2H3;2*1H. The van der Waals surface area contributed by atoms with E-state index in [-0.39, 0.29) is 36.8 Å². The first kappa shape index (κ1) is 20.3. The second-order valence-electron chi connectivity index (χ2n) is 5.20. The van der Waals surface area contributed by atoms with Crippen molar-refractivity contribution in [3.05, 3.63) is 31.7 Å². The molecule has 9 heteroatoms. The van der Waals surface area contributed by atoms with Crippen LogP contribution in [0.1, 0.15) is 50.0 Å². The Morgan fingerprint density at radius 1 is 1.43 bits per heavy atom. The number of amides is 1. The van der Waals surface area contributed by atoms with Crippen molar-refractivity contribution in [2.45, 2.75) is 38.8 Å². The zero-order valence-corrected chi connectivity index (χ0v) is 16.2. The number of nitrogens with two attached hydrogens (primary N) is 1. The summed E-state index contributed by atoms with van der Waals surface area (Å²) in [4.78, 5) is 24.5. The highest BCUT2D eigenvalue weighted by molar-refractivity contribution is 7.11. The molecule has 3 rings (SSSR count). The minimum Gasteiger partial charge on any atom is -0.332 e. The van der Waals surface area contributed by atoms with Gasteiger partial charge < -0.3 is 10.6 Å². The molecular formula is C14H20Cl2N4OS2. The van der Waals surface area contributed by atoms with Crippen LogP contribution in [-0.2, 0) is 13.0 Å². The van der Waals surface area contributed by atoms with Crippen molar-refractivity contribution < 1.29 is 4.79 Å². The van der Waals surface area contributed by atoms with Gasteiger partial charge in [0.2, 0.25) is 0 Å². The van der Waals surface area contributed by atoms with Crippen molar-refractivity contribution in [2.24, 2.45) is 5.73 Å². The maximum atomic E-state index is 12.6. The van der Waals surface area contributed by atoms with E-state index in [1.165, 1.54) is 16.2 Å². The molecule has 0 saturated heterocycles. The maximum absolute atomic E-state index is 12.6. The number of aryl methyl sites for hydroxylation is 2. The fraction of sp³-hybridized carbons (Fsp3) is 0.500. The van der Waals surface area contributed by atoms with Crippen molar-refractivity contribution in [3.8, 4) is 0 Å². The van der Waals surface area contributed by atoms with Gasteiger partial charge in [0, 0.05) is 19.0 Å². The van der Waals surface area contributed by atoms with E-state index >= 15 is 0 Å². The Morgan fingerprint density at radius 2 is 2.17 bits per heavy atom. The Bertz CT molecular complexity index is 674. The fourth-order valence-electron chi connectivity index (χ4n) is 2.71. The topological polar surface area (TPSA) is 72.1 Å². The summed E-state index contributed by atoms with van der Waals surface area (Å²) in [6.07, 6.45) is 3.08. The van der Waals surface area contributed by atoms with Crippen molar-refractivity contribution >= 4 is 53.4 Å². The van der Waals surface area contributed by atoms with E-state index in [0.717, 1.165) is 35.0 Å². The number of fused-ring (bicyclic) bond motifs is 1. The maximum Gasteiger partial charge on any atom is 0.273 e. The van der Waals surface area contributed by atoms with Crippen molar-refractivity contribution in [1.29, 1.82) is 0 Å². The van der Waals surface area contributed by atoms with Crippen LogP contribution in [0, 0.1) is 6.92 Å². The van der Waals surface area contributed by atoms with E-state index < -0.39 is 0 Å². The van der Waals surface area contributed by atoms with E-state index in [2.05, 4.69) is 9.97 Å². The first-order valence-electron chi connectivity index (χ1n) is 6.98. The minimum atomic E-state index is -0.0325. The van der Waals surface area contributed by atoms with E-state index in [1.807, 2.05) is 18.9 Å². The van der Waals surface area contributed by atoms with Gasteiger partial charge in [0.15, 0.2) is 0 Å². The second kappa shape index (κ2) is 8.39. The Balaban J connectivity index is 0.00000132. The third kappa shape index (κ3) is 4.03. The predicted octanol–water partition coefficient (Wildman–Crippen LogP) is 3.36. The highest BCUT2D eigenvalue weighted by atomic mass is 35.5. The lowest BCUT2D eigenvalue weighted by atomic mass is 9.97. The Hall–Kier alpha value is -0.730. The number of hydrogen-bond acceptors (Lipinski definition) is 6. The molecule has 1 unspecified atom stereocenters. The van der Waals surface area contributed by atoms with Gasteiger partial charge in [-0.3, -0.25) is 4.79 Å². The lowest BCUT2D eigenvalue weighted by molar-refractivity contribution is 0.0712. The second-order valence-corrected chi connectivity index (χ2v) is 7.38. The molecule has 0 aliphatic heterocycles. The number of carbonyl (C=O) groups excluding carboxylic acids is 1. The molecule has 1 amide bonds.